The Labute approximate surface area is 158 Å². The number of carbonyl (C=O) groups is 3. The van der Waals surface area contributed by atoms with E-state index in [1.807, 2.05) is 41.1 Å². The van der Waals surface area contributed by atoms with Gasteiger partial charge in [0.1, 0.15) is 11.4 Å². The molecule has 0 fully saturated rings. The van der Waals surface area contributed by atoms with Crippen molar-refractivity contribution in [3.05, 3.63) is 47.1 Å². The number of ether oxygens (including phenoxy) is 2. The third-order valence-electron chi connectivity index (χ3n) is 3.85. The fraction of sp³-hybridized carbons (Fsp3) is 0.222. The van der Waals surface area contributed by atoms with E-state index in [0.29, 0.717) is 0 Å². The molecule has 0 bridgehead atoms. The van der Waals surface area contributed by atoms with Crippen molar-refractivity contribution in [1.29, 1.82) is 0 Å². The van der Waals surface area contributed by atoms with Gasteiger partial charge in [-0.3, -0.25) is 9.59 Å². The average molecular weight is 387 g/mol. The number of esters is 2. The Morgan fingerprint density at radius 3 is 2.67 bits per heavy atom. The summed E-state index contributed by atoms with van der Waals surface area (Å²) >= 11 is 0.955. The maximum absolute atomic E-state index is 12.4. The van der Waals surface area contributed by atoms with Crippen LogP contribution in [0.25, 0.3) is 10.9 Å². The molecule has 1 amide bonds. The van der Waals surface area contributed by atoms with Gasteiger partial charge in [0.05, 0.1) is 26.3 Å². The number of benzene rings is 1. The van der Waals surface area contributed by atoms with Crippen LogP contribution in [0, 0.1) is 0 Å². The summed E-state index contributed by atoms with van der Waals surface area (Å²) in [6.07, 6.45) is 1.64. The van der Waals surface area contributed by atoms with E-state index in [2.05, 4.69) is 15.0 Å². The van der Waals surface area contributed by atoms with Crippen LogP contribution in [0.3, 0.4) is 0 Å². The Hall–Kier alpha value is -3.20. The van der Waals surface area contributed by atoms with Gasteiger partial charge in [0.2, 0.25) is 5.91 Å². The highest BCUT2D eigenvalue weighted by atomic mass is 32.1. The number of amides is 1. The second-order valence-electron chi connectivity index (χ2n) is 5.59. The van der Waals surface area contributed by atoms with Crippen LogP contribution in [0.2, 0.25) is 0 Å². The summed E-state index contributed by atoms with van der Waals surface area (Å²) in [6.45, 7) is 0.0903. The SMILES string of the molecule is COC(=O)Cc1nc(NC(=O)Cn2ccc3ccccc32)sc1C(=O)OC. The lowest BCUT2D eigenvalue weighted by molar-refractivity contribution is -0.139. The lowest BCUT2D eigenvalue weighted by Gasteiger charge is -2.05. The highest BCUT2D eigenvalue weighted by Crippen LogP contribution is 2.25. The van der Waals surface area contributed by atoms with Crippen LogP contribution in [-0.4, -0.2) is 41.6 Å². The van der Waals surface area contributed by atoms with Gasteiger partial charge in [-0.15, -0.1) is 0 Å². The first-order chi connectivity index (χ1) is 13.0. The first-order valence-corrected chi connectivity index (χ1v) is 8.82. The fourth-order valence-corrected chi connectivity index (χ4v) is 3.49. The monoisotopic (exact) mass is 387 g/mol. The molecule has 0 saturated carbocycles. The fourth-order valence-electron chi connectivity index (χ4n) is 2.58. The minimum absolute atomic E-state index is 0.0903. The van der Waals surface area contributed by atoms with Gasteiger partial charge < -0.3 is 19.4 Å². The molecule has 140 valence electrons. The Morgan fingerprint density at radius 2 is 1.93 bits per heavy atom. The molecular weight excluding hydrogens is 370 g/mol. The number of nitrogens with one attached hydrogen (secondary N) is 1. The van der Waals surface area contributed by atoms with Crippen molar-refractivity contribution < 1.29 is 23.9 Å². The Kier molecular flexibility index (Phi) is 5.51. The van der Waals surface area contributed by atoms with Crippen molar-refractivity contribution in [2.24, 2.45) is 0 Å². The maximum atomic E-state index is 12.4. The second kappa shape index (κ2) is 8.00. The summed E-state index contributed by atoms with van der Waals surface area (Å²) < 4.78 is 11.1. The minimum Gasteiger partial charge on any atom is -0.469 e. The Bertz CT molecular complexity index is 1010. The second-order valence-corrected chi connectivity index (χ2v) is 6.59. The van der Waals surface area contributed by atoms with Gasteiger partial charge in [0, 0.05) is 11.7 Å². The highest BCUT2D eigenvalue weighted by Gasteiger charge is 2.22. The first kappa shape index (κ1) is 18.6. The van der Waals surface area contributed by atoms with Gasteiger partial charge in [0.15, 0.2) is 5.13 Å². The normalized spacial score (nSPS) is 10.6. The van der Waals surface area contributed by atoms with Crippen molar-refractivity contribution >= 4 is 45.2 Å². The standard InChI is InChI=1S/C18H17N3O5S/c1-25-15(23)9-12-16(17(24)26-2)27-18(19-12)20-14(22)10-21-8-7-11-5-3-4-6-13(11)21/h3-8H,9-10H2,1-2H3,(H,19,20,22). The summed E-state index contributed by atoms with van der Waals surface area (Å²) in [4.78, 5) is 40.1. The zero-order valence-electron chi connectivity index (χ0n) is 14.7. The lowest BCUT2D eigenvalue weighted by Crippen LogP contribution is -2.18. The van der Waals surface area contributed by atoms with Gasteiger partial charge in [-0.1, -0.05) is 29.5 Å². The molecule has 0 aliphatic carbocycles. The number of hydrogen-bond acceptors (Lipinski definition) is 7. The van der Waals surface area contributed by atoms with E-state index >= 15 is 0 Å². The molecule has 3 aromatic rings. The Balaban J connectivity index is 1.77. The Morgan fingerprint density at radius 1 is 1.15 bits per heavy atom. The number of methoxy groups -OCH3 is 2. The zero-order chi connectivity index (χ0) is 19.4. The number of thiazole rings is 1. The number of para-hydroxylation sites is 1. The molecule has 0 atom stereocenters. The molecule has 0 radical (unpaired) electrons. The number of fused-ring (bicyclic) bond motifs is 1. The quantitative estimate of drug-likeness (QED) is 0.651. The van der Waals surface area contributed by atoms with Crippen LogP contribution in [0.5, 0.6) is 0 Å². The summed E-state index contributed by atoms with van der Waals surface area (Å²) in [6, 6.07) is 9.65. The van der Waals surface area contributed by atoms with E-state index in [-0.39, 0.29) is 34.6 Å². The third-order valence-corrected chi connectivity index (χ3v) is 4.84. The van der Waals surface area contributed by atoms with E-state index in [1.165, 1.54) is 14.2 Å². The molecule has 2 heterocycles. The number of aromatic nitrogens is 2. The van der Waals surface area contributed by atoms with Crippen molar-refractivity contribution in [2.75, 3.05) is 19.5 Å². The maximum Gasteiger partial charge on any atom is 0.350 e. The molecular formula is C18H17N3O5S. The van der Waals surface area contributed by atoms with E-state index < -0.39 is 11.9 Å². The van der Waals surface area contributed by atoms with Crippen molar-refractivity contribution in [3.8, 4) is 0 Å². The molecule has 27 heavy (non-hydrogen) atoms. The molecule has 0 aliphatic rings. The minimum atomic E-state index is -0.622. The number of hydrogen-bond donors (Lipinski definition) is 1. The van der Waals surface area contributed by atoms with E-state index in [9.17, 15) is 14.4 Å². The van der Waals surface area contributed by atoms with Crippen LogP contribution in [0.1, 0.15) is 15.4 Å². The van der Waals surface area contributed by atoms with Crippen LogP contribution in [-0.2, 0) is 32.0 Å². The number of carbonyl (C=O) groups excluding carboxylic acids is 3. The van der Waals surface area contributed by atoms with E-state index in [4.69, 9.17) is 4.74 Å². The molecule has 9 heteroatoms. The van der Waals surface area contributed by atoms with Crippen LogP contribution in [0.4, 0.5) is 5.13 Å². The average Bonchev–Trinajstić information content (AvgIpc) is 3.25. The van der Waals surface area contributed by atoms with Crippen LogP contribution >= 0.6 is 11.3 Å². The predicted molar refractivity (Wildman–Crippen MR) is 99.7 cm³/mol. The van der Waals surface area contributed by atoms with Crippen molar-refractivity contribution in [3.63, 3.8) is 0 Å². The number of anilines is 1. The molecule has 3 rings (SSSR count). The molecule has 2 aromatic heterocycles. The third kappa shape index (κ3) is 4.14. The molecule has 1 aromatic carbocycles. The van der Waals surface area contributed by atoms with Gasteiger partial charge in [-0.2, -0.15) is 0 Å². The highest BCUT2D eigenvalue weighted by molar-refractivity contribution is 7.17. The van der Waals surface area contributed by atoms with Crippen LogP contribution in [0.15, 0.2) is 36.5 Å². The van der Waals surface area contributed by atoms with Gasteiger partial charge in [-0.25, -0.2) is 9.78 Å². The molecule has 8 nitrogen and oxygen atoms in total. The van der Waals surface area contributed by atoms with Crippen molar-refractivity contribution in [1.82, 2.24) is 9.55 Å². The molecule has 0 saturated heterocycles. The van der Waals surface area contributed by atoms with Gasteiger partial charge >= 0.3 is 11.9 Å². The van der Waals surface area contributed by atoms with Crippen LogP contribution < -0.4 is 5.32 Å². The van der Waals surface area contributed by atoms with Gasteiger partial charge in [0.25, 0.3) is 0 Å². The number of nitrogens with zero attached hydrogens (tertiary/aromatic N) is 2. The van der Waals surface area contributed by atoms with E-state index in [0.717, 1.165) is 22.2 Å². The molecule has 1 N–H and O–H groups in total. The topological polar surface area (TPSA) is 99.5 Å². The molecule has 0 aliphatic heterocycles. The largest absolute Gasteiger partial charge is 0.469 e. The smallest absolute Gasteiger partial charge is 0.350 e. The molecule has 0 spiro atoms. The van der Waals surface area contributed by atoms with E-state index in [1.54, 1.807) is 0 Å². The predicted octanol–water partition coefficient (Wildman–Crippen LogP) is 2.24. The summed E-state index contributed by atoms with van der Waals surface area (Å²) in [5, 5.41) is 3.92. The van der Waals surface area contributed by atoms with Gasteiger partial charge in [-0.05, 0) is 17.5 Å². The summed E-state index contributed by atoms with van der Waals surface area (Å²) in [7, 11) is 2.48. The number of rotatable bonds is 6. The molecule has 0 unspecified atom stereocenters. The summed E-state index contributed by atoms with van der Waals surface area (Å²) in [5.74, 6) is -1.46. The zero-order valence-corrected chi connectivity index (χ0v) is 15.5. The van der Waals surface area contributed by atoms with Crippen molar-refractivity contribution in [2.45, 2.75) is 13.0 Å². The summed E-state index contributed by atoms with van der Waals surface area (Å²) in [5.41, 5.74) is 1.15. The lowest BCUT2D eigenvalue weighted by atomic mass is 10.2. The first-order valence-electron chi connectivity index (χ1n) is 8.00.